The lowest BCUT2D eigenvalue weighted by Crippen LogP contribution is -2.52. The van der Waals surface area contributed by atoms with Crippen molar-refractivity contribution in [1.82, 2.24) is 14.4 Å². The zero-order valence-electron chi connectivity index (χ0n) is 18.2. The summed E-state index contributed by atoms with van der Waals surface area (Å²) in [5, 5.41) is 0. The van der Waals surface area contributed by atoms with E-state index in [-0.39, 0.29) is 34.7 Å². The minimum atomic E-state index is -2.98. The molecule has 2 saturated heterocycles. The fourth-order valence-electron chi connectivity index (χ4n) is 4.47. The van der Waals surface area contributed by atoms with Gasteiger partial charge in [0.1, 0.15) is 0 Å². The van der Waals surface area contributed by atoms with Gasteiger partial charge in [0, 0.05) is 54.6 Å². The molecule has 1 unspecified atom stereocenters. The van der Waals surface area contributed by atoms with E-state index in [0.717, 1.165) is 11.4 Å². The number of Topliss-reactive ketones (excluding diaryl/α,β-unsaturated/α-hetero) is 1. The Balaban J connectivity index is 1.64. The Morgan fingerprint density at radius 3 is 2.24 bits per heavy atom. The smallest absolute Gasteiger partial charge is 0.228 e. The van der Waals surface area contributed by atoms with E-state index < -0.39 is 9.84 Å². The largest absolute Gasteiger partial charge is 0.344 e. The van der Waals surface area contributed by atoms with Crippen LogP contribution in [0.4, 0.5) is 0 Å². The van der Waals surface area contributed by atoms with Crippen LogP contribution in [0, 0.1) is 19.3 Å². The molecule has 1 amide bonds. The molecule has 2 aliphatic rings. The number of sulfone groups is 1. The summed E-state index contributed by atoms with van der Waals surface area (Å²) in [6.45, 7) is 12.6. The van der Waals surface area contributed by atoms with Crippen molar-refractivity contribution in [2.24, 2.45) is 5.41 Å². The summed E-state index contributed by atoms with van der Waals surface area (Å²) < 4.78 is 25.7. The Morgan fingerprint density at radius 2 is 1.72 bits per heavy atom. The van der Waals surface area contributed by atoms with Gasteiger partial charge in [-0.3, -0.25) is 14.5 Å². The number of aryl methyl sites for hydroxylation is 1. The normalized spacial score (nSPS) is 22.8. The maximum absolute atomic E-state index is 13.0. The Morgan fingerprint density at radius 1 is 1.10 bits per heavy atom. The predicted molar refractivity (Wildman–Crippen MR) is 113 cm³/mol. The molecule has 2 fully saturated rings. The van der Waals surface area contributed by atoms with E-state index in [2.05, 4.69) is 4.90 Å². The number of ketones is 1. The molecule has 0 bridgehead atoms. The molecule has 8 heteroatoms. The molecule has 0 spiro atoms. The van der Waals surface area contributed by atoms with Crippen molar-refractivity contribution in [1.29, 1.82) is 0 Å². The maximum atomic E-state index is 13.0. The van der Waals surface area contributed by atoms with E-state index in [1.165, 1.54) is 0 Å². The highest BCUT2D eigenvalue weighted by Crippen LogP contribution is 2.29. The van der Waals surface area contributed by atoms with Gasteiger partial charge in [-0.15, -0.1) is 0 Å². The molecule has 29 heavy (non-hydrogen) atoms. The summed E-state index contributed by atoms with van der Waals surface area (Å²) >= 11 is 0. The van der Waals surface area contributed by atoms with Gasteiger partial charge in [0.2, 0.25) is 5.91 Å². The molecule has 1 atom stereocenters. The van der Waals surface area contributed by atoms with Crippen LogP contribution < -0.4 is 0 Å². The topological polar surface area (TPSA) is 79.7 Å². The Bertz CT molecular complexity index is 903. The zero-order chi connectivity index (χ0) is 21.6. The molecule has 2 aliphatic heterocycles. The molecule has 162 valence electrons. The van der Waals surface area contributed by atoms with E-state index in [1.54, 1.807) is 0 Å². The standard InChI is InChI=1S/C21H33N3O4S/c1-15-12-18(16(2)24(15)17-6-11-29(27,28)14-17)19(25)13-22-7-9-23(10-8-22)20(26)21(3,4)5/h12,17H,6-11,13-14H2,1-5H3. The molecular weight excluding hydrogens is 390 g/mol. The highest BCUT2D eigenvalue weighted by atomic mass is 32.2. The minimum absolute atomic E-state index is 0.0563. The minimum Gasteiger partial charge on any atom is -0.344 e. The summed E-state index contributed by atoms with van der Waals surface area (Å²) in [5.74, 6) is 0.579. The molecular formula is C21H33N3O4S. The average Bonchev–Trinajstić information content (AvgIpc) is 3.12. The van der Waals surface area contributed by atoms with Crippen LogP contribution in [0.1, 0.15) is 55.0 Å². The van der Waals surface area contributed by atoms with Crippen molar-refractivity contribution >= 4 is 21.5 Å². The second kappa shape index (κ2) is 7.87. The highest BCUT2D eigenvalue weighted by Gasteiger charge is 2.33. The van der Waals surface area contributed by atoms with E-state index in [0.29, 0.717) is 44.7 Å². The van der Waals surface area contributed by atoms with Gasteiger partial charge in [-0.2, -0.15) is 0 Å². The molecule has 3 heterocycles. The van der Waals surface area contributed by atoms with Gasteiger partial charge < -0.3 is 9.47 Å². The summed E-state index contributed by atoms with van der Waals surface area (Å²) in [4.78, 5) is 29.4. The third-order valence-electron chi connectivity index (χ3n) is 6.03. The van der Waals surface area contributed by atoms with Crippen LogP contribution in [0.25, 0.3) is 0 Å². The number of aromatic nitrogens is 1. The van der Waals surface area contributed by atoms with Crippen LogP contribution in [0.3, 0.4) is 0 Å². The Hall–Kier alpha value is -1.67. The van der Waals surface area contributed by atoms with Crippen molar-refractivity contribution in [2.75, 3.05) is 44.2 Å². The third kappa shape index (κ3) is 4.74. The second-order valence-corrected chi connectivity index (χ2v) is 11.7. The van der Waals surface area contributed by atoms with Crippen LogP contribution in [0.15, 0.2) is 6.07 Å². The first kappa shape index (κ1) is 22.0. The van der Waals surface area contributed by atoms with E-state index in [1.807, 2.05) is 50.2 Å². The number of carbonyl (C=O) groups is 2. The monoisotopic (exact) mass is 423 g/mol. The van der Waals surface area contributed by atoms with E-state index in [4.69, 9.17) is 0 Å². The lowest BCUT2D eigenvalue weighted by atomic mass is 9.94. The molecule has 0 N–H and O–H groups in total. The van der Waals surface area contributed by atoms with Crippen molar-refractivity contribution < 1.29 is 18.0 Å². The van der Waals surface area contributed by atoms with E-state index in [9.17, 15) is 18.0 Å². The van der Waals surface area contributed by atoms with Gasteiger partial charge in [-0.1, -0.05) is 20.8 Å². The maximum Gasteiger partial charge on any atom is 0.228 e. The molecule has 0 saturated carbocycles. The molecule has 0 radical (unpaired) electrons. The number of rotatable bonds is 4. The first-order valence-electron chi connectivity index (χ1n) is 10.3. The molecule has 1 aromatic rings. The van der Waals surface area contributed by atoms with Crippen LogP contribution in [-0.2, 0) is 14.6 Å². The summed E-state index contributed by atoms with van der Waals surface area (Å²) in [5.41, 5.74) is 2.09. The quantitative estimate of drug-likeness (QED) is 0.691. The fraction of sp³-hybridized carbons (Fsp3) is 0.714. The molecule has 3 rings (SSSR count). The van der Waals surface area contributed by atoms with Gasteiger partial charge in [-0.05, 0) is 26.3 Å². The fourth-order valence-corrected chi connectivity index (χ4v) is 6.17. The summed E-state index contributed by atoms with van der Waals surface area (Å²) in [7, 11) is -2.98. The second-order valence-electron chi connectivity index (χ2n) is 9.45. The van der Waals surface area contributed by atoms with Crippen molar-refractivity contribution in [2.45, 2.75) is 47.1 Å². The average molecular weight is 424 g/mol. The van der Waals surface area contributed by atoms with Gasteiger partial charge in [0.25, 0.3) is 0 Å². The number of carbonyl (C=O) groups excluding carboxylic acids is 2. The Kier molecular flexibility index (Phi) is 5.98. The SMILES string of the molecule is Cc1cc(C(=O)CN2CCN(C(=O)C(C)(C)C)CC2)c(C)n1C1CCS(=O)(=O)C1. The molecule has 1 aromatic heterocycles. The van der Waals surface area contributed by atoms with Crippen LogP contribution in [0.5, 0.6) is 0 Å². The number of amides is 1. The molecule has 0 aliphatic carbocycles. The van der Waals surface area contributed by atoms with Gasteiger partial charge in [-0.25, -0.2) is 8.42 Å². The molecule has 7 nitrogen and oxygen atoms in total. The lowest BCUT2D eigenvalue weighted by Gasteiger charge is -2.37. The molecule has 0 aromatic carbocycles. The summed E-state index contributed by atoms with van der Waals surface area (Å²) in [6, 6.07) is 1.82. The number of piperazine rings is 1. The van der Waals surface area contributed by atoms with Crippen molar-refractivity contribution in [3.63, 3.8) is 0 Å². The number of hydrogen-bond donors (Lipinski definition) is 0. The predicted octanol–water partition coefficient (Wildman–Crippen LogP) is 1.84. The first-order valence-corrected chi connectivity index (χ1v) is 12.1. The van der Waals surface area contributed by atoms with Gasteiger partial charge >= 0.3 is 0 Å². The van der Waals surface area contributed by atoms with Crippen LogP contribution in [0.2, 0.25) is 0 Å². The lowest BCUT2D eigenvalue weighted by molar-refractivity contribution is -0.141. The number of nitrogens with zero attached hydrogens (tertiary/aromatic N) is 3. The first-order chi connectivity index (χ1) is 13.4. The van der Waals surface area contributed by atoms with Crippen molar-refractivity contribution in [3.8, 4) is 0 Å². The number of hydrogen-bond acceptors (Lipinski definition) is 5. The van der Waals surface area contributed by atoms with Gasteiger partial charge in [0.05, 0.1) is 18.1 Å². The van der Waals surface area contributed by atoms with Crippen LogP contribution in [-0.4, -0.2) is 78.7 Å². The van der Waals surface area contributed by atoms with Crippen molar-refractivity contribution in [3.05, 3.63) is 23.0 Å². The summed E-state index contributed by atoms with van der Waals surface area (Å²) in [6.07, 6.45) is 0.607. The highest BCUT2D eigenvalue weighted by molar-refractivity contribution is 7.91. The van der Waals surface area contributed by atoms with E-state index >= 15 is 0 Å². The third-order valence-corrected chi connectivity index (χ3v) is 7.78. The van der Waals surface area contributed by atoms with Gasteiger partial charge in [0.15, 0.2) is 15.6 Å². The van der Waals surface area contributed by atoms with Crippen LogP contribution >= 0.6 is 0 Å². The Labute approximate surface area is 174 Å². The zero-order valence-corrected chi connectivity index (χ0v) is 19.0.